The van der Waals surface area contributed by atoms with E-state index in [0.29, 0.717) is 12.6 Å². The molecule has 0 spiro atoms. The molecule has 2 N–H and O–H groups in total. The lowest BCUT2D eigenvalue weighted by atomic mass is 10.2. The van der Waals surface area contributed by atoms with Crippen molar-refractivity contribution in [1.29, 1.82) is 0 Å². The van der Waals surface area contributed by atoms with Crippen LogP contribution in [-0.2, 0) is 6.54 Å². The van der Waals surface area contributed by atoms with Gasteiger partial charge >= 0.3 is 0 Å². The van der Waals surface area contributed by atoms with Gasteiger partial charge in [0.1, 0.15) is 0 Å². The average molecular weight is 342 g/mol. The summed E-state index contributed by atoms with van der Waals surface area (Å²) in [7, 11) is 1.77. The van der Waals surface area contributed by atoms with E-state index in [1.54, 1.807) is 7.05 Å². The van der Waals surface area contributed by atoms with Gasteiger partial charge in [-0.25, -0.2) is 0 Å². The molecule has 1 heterocycles. The molecule has 0 radical (unpaired) electrons. The number of hydrogen-bond donors (Lipinski definition) is 2. The van der Waals surface area contributed by atoms with Crippen molar-refractivity contribution in [3.63, 3.8) is 0 Å². The van der Waals surface area contributed by atoms with Crippen LogP contribution in [0.4, 0.5) is 0 Å². The number of nitrogens with one attached hydrogen (secondary N) is 2. The van der Waals surface area contributed by atoms with Gasteiger partial charge in [-0.1, -0.05) is 6.92 Å². The van der Waals surface area contributed by atoms with Crippen molar-refractivity contribution < 1.29 is 9.47 Å². The third-order valence-electron chi connectivity index (χ3n) is 3.17. The van der Waals surface area contributed by atoms with Crippen molar-refractivity contribution in [2.24, 2.45) is 4.99 Å². The minimum Gasteiger partial charge on any atom is -0.454 e. The van der Waals surface area contributed by atoms with Crippen molar-refractivity contribution in [3.05, 3.63) is 22.2 Å². The van der Waals surface area contributed by atoms with Crippen LogP contribution < -0.4 is 20.1 Å². The van der Waals surface area contributed by atoms with E-state index in [-0.39, 0.29) is 6.79 Å². The van der Waals surface area contributed by atoms with E-state index in [1.807, 2.05) is 12.1 Å². The fourth-order valence-electron chi connectivity index (χ4n) is 1.84. The Bertz CT molecular complexity index is 505. The zero-order valence-corrected chi connectivity index (χ0v) is 13.6. The maximum Gasteiger partial charge on any atom is 0.231 e. The Kier molecular flexibility index (Phi) is 5.11. The van der Waals surface area contributed by atoms with Crippen molar-refractivity contribution in [1.82, 2.24) is 10.6 Å². The molecule has 1 aromatic rings. The van der Waals surface area contributed by atoms with Crippen LogP contribution in [0.25, 0.3) is 0 Å². The highest BCUT2D eigenvalue weighted by atomic mass is 79.9. The van der Waals surface area contributed by atoms with Crippen LogP contribution in [0.1, 0.15) is 25.8 Å². The number of nitrogens with zero attached hydrogens (tertiary/aromatic N) is 1. The Morgan fingerprint density at radius 2 is 2.25 bits per heavy atom. The zero-order chi connectivity index (χ0) is 14.5. The van der Waals surface area contributed by atoms with E-state index in [4.69, 9.17) is 9.47 Å². The van der Waals surface area contributed by atoms with E-state index in [0.717, 1.165) is 33.9 Å². The molecule has 5 nitrogen and oxygen atoms in total. The predicted octanol–water partition coefficient (Wildman–Crippen LogP) is 2.64. The Labute approximate surface area is 127 Å². The maximum atomic E-state index is 5.41. The lowest BCUT2D eigenvalue weighted by Crippen LogP contribution is -2.41. The molecule has 1 aliphatic rings. The quantitative estimate of drug-likeness (QED) is 0.653. The number of ether oxygens (including phenoxy) is 2. The molecule has 6 heteroatoms. The first-order valence-electron chi connectivity index (χ1n) is 6.69. The van der Waals surface area contributed by atoms with Gasteiger partial charge in [-0.15, -0.1) is 0 Å². The first-order chi connectivity index (χ1) is 9.63. The van der Waals surface area contributed by atoms with Gasteiger partial charge in [0.15, 0.2) is 17.5 Å². The molecule has 20 heavy (non-hydrogen) atoms. The van der Waals surface area contributed by atoms with Crippen LogP contribution in [0.5, 0.6) is 11.5 Å². The molecular formula is C14H20BrN3O2. The molecule has 0 amide bonds. The summed E-state index contributed by atoms with van der Waals surface area (Å²) in [6.45, 7) is 5.22. The van der Waals surface area contributed by atoms with Crippen molar-refractivity contribution in [2.45, 2.75) is 32.9 Å². The van der Waals surface area contributed by atoms with E-state index >= 15 is 0 Å². The normalized spacial score (nSPS) is 15.1. The number of aliphatic imine (C=N–C) groups is 1. The summed E-state index contributed by atoms with van der Waals surface area (Å²) in [5, 5.41) is 6.62. The Balaban J connectivity index is 1.98. The van der Waals surface area contributed by atoms with Crippen LogP contribution in [0.2, 0.25) is 0 Å². The van der Waals surface area contributed by atoms with Gasteiger partial charge < -0.3 is 20.1 Å². The number of fused-ring (bicyclic) bond motifs is 1. The first kappa shape index (κ1) is 15.0. The molecule has 1 unspecified atom stereocenters. The fourth-order valence-corrected chi connectivity index (χ4v) is 2.44. The summed E-state index contributed by atoms with van der Waals surface area (Å²) in [6.07, 6.45) is 1.05. The zero-order valence-electron chi connectivity index (χ0n) is 12.0. The van der Waals surface area contributed by atoms with Gasteiger partial charge in [0, 0.05) is 19.6 Å². The maximum absolute atomic E-state index is 5.41. The van der Waals surface area contributed by atoms with E-state index in [2.05, 4.69) is 45.4 Å². The van der Waals surface area contributed by atoms with Crippen molar-refractivity contribution in [3.8, 4) is 11.5 Å². The third-order valence-corrected chi connectivity index (χ3v) is 3.76. The molecule has 0 aromatic heterocycles. The molecule has 1 aliphatic heterocycles. The summed E-state index contributed by atoms with van der Waals surface area (Å²) >= 11 is 3.50. The standard InChI is InChI=1S/C14H20BrN3O2/c1-4-9(2)18-14(16-3)17-7-10-5-11(15)13-12(6-10)19-8-20-13/h5-6,9H,4,7-8H2,1-3H3,(H2,16,17,18). The monoisotopic (exact) mass is 341 g/mol. The molecule has 1 atom stereocenters. The molecule has 0 aliphatic carbocycles. The molecular weight excluding hydrogens is 322 g/mol. The highest BCUT2D eigenvalue weighted by Gasteiger charge is 2.17. The minimum atomic E-state index is 0.280. The van der Waals surface area contributed by atoms with Crippen molar-refractivity contribution >= 4 is 21.9 Å². The molecule has 1 aromatic carbocycles. The second-order valence-electron chi connectivity index (χ2n) is 4.69. The number of rotatable bonds is 4. The number of guanidine groups is 1. The van der Waals surface area contributed by atoms with E-state index < -0.39 is 0 Å². The largest absolute Gasteiger partial charge is 0.454 e. The van der Waals surface area contributed by atoms with Crippen LogP contribution in [-0.4, -0.2) is 25.8 Å². The lowest BCUT2D eigenvalue weighted by Gasteiger charge is -2.16. The van der Waals surface area contributed by atoms with Crippen LogP contribution in [0, 0.1) is 0 Å². The second-order valence-corrected chi connectivity index (χ2v) is 5.55. The minimum absolute atomic E-state index is 0.280. The molecule has 0 saturated heterocycles. The van der Waals surface area contributed by atoms with Gasteiger partial charge in [-0.05, 0) is 47.0 Å². The van der Waals surface area contributed by atoms with Crippen LogP contribution in [0.15, 0.2) is 21.6 Å². The van der Waals surface area contributed by atoms with Gasteiger partial charge in [0.05, 0.1) is 4.47 Å². The summed E-state index contributed by atoms with van der Waals surface area (Å²) in [5.41, 5.74) is 1.10. The lowest BCUT2D eigenvalue weighted by molar-refractivity contribution is 0.173. The summed E-state index contributed by atoms with van der Waals surface area (Å²) in [4.78, 5) is 4.21. The van der Waals surface area contributed by atoms with Gasteiger partial charge in [0.2, 0.25) is 6.79 Å². The van der Waals surface area contributed by atoms with Gasteiger partial charge in [0.25, 0.3) is 0 Å². The summed E-state index contributed by atoms with van der Waals surface area (Å²) in [6, 6.07) is 4.40. The smallest absolute Gasteiger partial charge is 0.231 e. The van der Waals surface area contributed by atoms with E-state index in [1.165, 1.54) is 0 Å². The predicted molar refractivity (Wildman–Crippen MR) is 83.4 cm³/mol. The summed E-state index contributed by atoms with van der Waals surface area (Å²) < 4.78 is 11.7. The Morgan fingerprint density at radius 3 is 2.95 bits per heavy atom. The highest BCUT2D eigenvalue weighted by molar-refractivity contribution is 9.10. The molecule has 0 bridgehead atoms. The third kappa shape index (κ3) is 3.56. The molecule has 0 saturated carbocycles. The van der Waals surface area contributed by atoms with Crippen LogP contribution in [0.3, 0.4) is 0 Å². The number of hydrogen-bond acceptors (Lipinski definition) is 3. The van der Waals surface area contributed by atoms with E-state index in [9.17, 15) is 0 Å². The van der Waals surface area contributed by atoms with Crippen molar-refractivity contribution in [2.75, 3.05) is 13.8 Å². The molecule has 0 fully saturated rings. The SMILES string of the molecule is CCC(C)NC(=NC)NCc1cc(Br)c2c(c1)OCO2. The van der Waals surface area contributed by atoms with Gasteiger partial charge in [-0.3, -0.25) is 4.99 Å². The topological polar surface area (TPSA) is 54.9 Å². The fraction of sp³-hybridized carbons (Fsp3) is 0.500. The second kappa shape index (κ2) is 6.83. The number of benzene rings is 1. The number of halogens is 1. The molecule has 110 valence electrons. The first-order valence-corrected chi connectivity index (χ1v) is 7.48. The Morgan fingerprint density at radius 1 is 1.45 bits per heavy atom. The average Bonchev–Trinajstić information content (AvgIpc) is 2.92. The molecule has 2 rings (SSSR count). The highest BCUT2D eigenvalue weighted by Crippen LogP contribution is 2.39. The Hall–Kier alpha value is -1.43. The van der Waals surface area contributed by atoms with Gasteiger partial charge in [-0.2, -0.15) is 0 Å². The van der Waals surface area contributed by atoms with Crippen LogP contribution >= 0.6 is 15.9 Å². The summed E-state index contributed by atoms with van der Waals surface area (Å²) in [5.74, 6) is 2.35.